The average Bonchev–Trinajstić information content (AvgIpc) is 2.37. The summed E-state index contributed by atoms with van der Waals surface area (Å²) in [6.07, 6.45) is 4.09. The molecule has 0 radical (unpaired) electrons. The molecule has 1 heterocycles. The molecule has 1 amide bonds. The van der Waals surface area contributed by atoms with Crippen LogP contribution in [0.2, 0.25) is 0 Å². The summed E-state index contributed by atoms with van der Waals surface area (Å²) in [5.74, 6) is 1.12. The molecule has 0 saturated carbocycles. The van der Waals surface area contributed by atoms with Gasteiger partial charge in [0.15, 0.2) is 0 Å². The molecule has 0 spiro atoms. The number of halogens is 1. The number of hydrogen-bond donors (Lipinski definition) is 0. The summed E-state index contributed by atoms with van der Waals surface area (Å²) >= 11 is 3.40. The molecule has 1 fully saturated rings. The lowest BCUT2D eigenvalue weighted by Crippen LogP contribution is -2.48. The third-order valence-corrected chi connectivity index (χ3v) is 4.08. The van der Waals surface area contributed by atoms with Crippen LogP contribution in [-0.4, -0.2) is 53.8 Å². The predicted molar refractivity (Wildman–Crippen MR) is 80.1 cm³/mol. The first-order valence-electron chi connectivity index (χ1n) is 7.19. The predicted octanol–water partition coefficient (Wildman–Crippen LogP) is 2.74. The molecule has 1 aliphatic rings. The Hall–Kier alpha value is -0.0900. The van der Waals surface area contributed by atoms with E-state index < -0.39 is 0 Å². The maximum atomic E-state index is 11.9. The zero-order valence-corrected chi connectivity index (χ0v) is 13.4. The average molecular weight is 319 g/mol. The van der Waals surface area contributed by atoms with E-state index in [1.807, 2.05) is 4.90 Å². The number of alkyl halides is 1. The Balaban J connectivity index is 2.16. The summed E-state index contributed by atoms with van der Waals surface area (Å²) in [5.41, 5.74) is 0. The quantitative estimate of drug-likeness (QED) is 0.532. The maximum absolute atomic E-state index is 11.9. The van der Waals surface area contributed by atoms with Crippen LogP contribution in [-0.2, 0) is 4.79 Å². The summed E-state index contributed by atoms with van der Waals surface area (Å²) in [6, 6.07) is 0. The van der Waals surface area contributed by atoms with E-state index in [-0.39, 0.29) is 0 Å². The molecule has 0 aromatic carbocycles. The molecule has 0 N–H and O–H groups in total. The van der Waals surface area contributed by atoms with Crippen LogP contribution in [0.4, 0.5) is 0 Å². The van der Waals surface area contributed by atoms with Crippen molar-refractivity contribution in [1.82, 2.24) is 9.80 Å². The SMILES string of the molecule is CC(C)CCN1CCN(C(=O)CCCCBr)CC1. The minimum Gasteiger partial charge on any atom is -0.340 e. The largest absolute Gasteiger partial charge is 0.340 e. The van der Waals surface area contributed by atoms with E-state index in [1.54, 1.807) is 0 Å². The molecule has 1 saturated heterocycles. The number of carbonyl (C=O) groups is 1. The van der Waals surface area contributed by atoms with Crippen molar-refractivity contribution in [2.75, 3.05) is 38.1 Å². The second-order valence-electron chi connectivity index (χ2n) is 5.55. The Morgan fingerprint density at radius 3 is 2.39 bits per heavy atom. The number of rotatable bonds is 7. The van der Waals surface area contributed by atoms with Gasteiger partial charge in [-0.1, -0.05) is 29.8 Å². The number of piperazine rings is 1. The highest BCUT2D eigenvalue weighted by Crippen LogP contribution is 2.09. The molecule has 0 unspecified atom stereocenters. The Morgan fingerprint density at radius 1 is 1.17 bits per heavy atom. The fourth-order valence-corrected chi connectivity index (χ4v) is 2.59. The van der Waals surface area contributed by atoms with E-state index in [0.29, 0.717) is 5.91 Å². The second kappa shape index (κ2) is 8.92. The minimum atomic E-state index is 0.347. The molecular formula is C14H27BrN2O. The van der Waals surface area contributed by atoms with E-state index in [2.05, 4.69) is 34.7 Å². The monoisotopic (exact) mass is 318 g/mol. The van der Waals surface area contributed by atoms with Gasteiger partial charge in [0.1, 0.15) is 0 Å². The molecule has 106 valence electrons. The van der Waals surface area contributed by atoms with Crippen LogP contribution in [0.1, 0.15) is 39.5 Å². The van der Waals surface area contributed by atoms with Gasteiger partial charge in [0.05, 0.1) is 0 Å². The topological polar surface area (TPSA) is 23.6 Å². The van der Waals surface area contributed by atoms with E-state index in [4.69, 9.17) is 0 Å². The Bertz CT molecular complexity index is 238. The standard InChI is InChI=1S/C14H27BrN2O/c1-13(2)6-8-16-9-11-17(12-10-16)14(18)5-3-4-7-15/h13H,3-12H2,1-2H3. The van der Waals surface area contributed by atoms with E-state index in [0.717, 1.165) is 56.7 Å². The van der Waals surface area contributed by atoms with Crippen molar-refractivity contribution in [2.24, 2.45) is 5.92 Å². The molecule has 18 heavy (non-hydrogen) atoms. The van der Waals surface area contributed by atoms with Crippen LogP contribution >= 0.6 is 15.9 Å². The van der Waals surface area contributed by atoms with Gasteiger partial charge in [-0.25, -0.2) is 0 Å². The van der Waals surface area contributed by atoms with Crippen molar-refractivity contribution in [3.05, 3.63) is 0 Å². The van der Waals surface area contributed by atoms with Crippen molar-refractivity contribution >= 4 is 21.8 Å². The number of nitrogens with zero attached hydrogens (tertiary/aromatic N) is 2. The molecule has 1 rings (SSSR count). The van der Waals surface area contributed by atoms with Crippen LogP contribution in [0.25, 0.3) is 0 Å². The first kappa shape index (κ1) is 16.0. The van der Waals surface area contributed by atoms with Gasteiger partial charge < -0.3 is 4.90 Å². The number of hydrogen-bond acceptors (Lipinski definition) is 2. The van der Waals surface area contributed by atoms with E-state index in [9.17, 15) is 4.79 Å². The van der Waals surface area contributed by atoms with Gasteiger partial charge in [-0.05, 0) is 31.7 Å². The Labute approximate surface area is 120 Å². The molecule has 1 aliphatic heterocycles. The fourth-order valence-electron chi connectivity index (χ4n) is 2.19. The van der Waals surface area contributed by atoms with Crippen LogP contribution in [0, 0.1) is 5.92 Å². The third-order valence-electron chi connectivity index (χ3n) is 3.52. The fraction of sp³-hybridized carbons (Fsp3) is 0.929. The normalized spacial score (nSPS) is 17.4. The highest BCUT2D eigenvalue weighted by molar-refractivity contribution is 9.09. The van der Waals surface area contributed by atoms with Crippen molar-refractivity contribution in [3.63, 3.8) is 0 Å². The van der Waals surface area contributed by atoms with Crippen molar-refractivity contribution in [3.8, 4) is 0 Å². The molecule has 4 heteroatoms. The lowest BCUT2D eigenvalue weighted by Gasteiger charge is -2.35. The van der Waals surface area contributed by atoms with Gasteiger partial charge in [-0.3, -0.25) is 9.69 Å². The minimum absolute atomic E-state index is 0.347. The highest BCUT2D eigenvalue weighted by Gasteiger charge is 2.20. The van der Waals surface area contributed by atoms with E-state index >= 15 is 0 Å². The Kier molecular flexibility index (Phi) is 7.91. The van der Waals surface area contributed by atoms with Gasteiger partial charge in [0.25, 0.3) is 0 Å². The van der Waals surface area contributed by atoms with Crippen molar-refractivity contribution < 1.29 is 4.79 Å². The second-order valence-corrected chi connectivity index (χ2v) is 6.34. The lowest BCUT2D eigenvalue weighted by molar-refractivity contribution is -0.133. The third kappa shape index (κ3) is 6.19. The van der Waals surface area contributed by atoms with Crippen LogP contribution in [0.15, 0.2) is 0 Å². The highest BCUT2D eigenvalue weighted by atomic mass is 79.9. The summed E-state index contributed by atoms with van der Waals surface area (Å²) in [5, 5.41) is 1.00. The number of carbonyl (C=O) groups excluding carboxylic acids is 1. The van der Waals surface area contributed by atoms with Gasteiger partial charge in [0.2, 0.25) is 5.91 Å². The molecule has 0 atom stereocenters. The molecule has 0 aromatic heterocycles. The van der Waals surface area contributed by atoms with Gasteiger partial charge in [-0.15, -0.1) is 0 Å². The summed E-state index contributed by atoms with van der Waals surface area (Å²) in [6.45, 7) is 9.67. The molecular weight excluding hydrogens is 292 g/mol. The number of unbranched alkanes of at least 4 members (excludes halogenated alkanes) is 1. The summed E-state index contributed by atoms with van der Waals surface area (Å²) in [4.78, 5) is 16.5. The zero-order valence-electron chi connectivity index (χ0n) is 11.8. The van der Waals surface area contributed by atoms with Crippen LogP contribution < -0.4 is 0 Å². The van der Waals surface area contributed by atoms with E-state index in [1.165, 1.54) is 13.0 Å². The molecule has 3 nitrogen and oxygen atoms in total. The molecule has 0 bridgehead atoms. The summed E-state index contributed by atoms with van der Waals surface area (Å²) in [7, 11) is 0. The number of amides is 1. The first-order valence-corrected chi connectivity index (χ1v) is 8.31. The smallest absolute Gasteiger partial charge is 0.222 e. The Morgan fingerprint density at radius 2 is 1.83 bits per heavy atom. The van der Waals surface area contributed by atoms with Crippen LogP contribution in [0.3, 0.4) is 0 Å². The zero-order chi connectivity index (χ0) is 13.4. The van der Waals surface area contributed by atoms with Gasteiger partial charge >= 0.3 is 0 Å². The maximum Gasteiger partial charge on any atom is 0.222 e. The van der Waals surface area contributed by atoms with Gasteiger partial charge in [0, 0.05) is 37.9 Å². The van der Waals surface area contributed by atoms with Crippen molar-refractivity contribution in [1.29, 1.82) is 0 Å². The first-order chi connectivity index (χ1) is 8.63. The molecule has 0 aliphatic carbocycles. The summed E-state index contributed by atoms with van der Waals surface area (Å²) < 4.78 is 0. The lowest BCUT2D eigenvalue weighted by atomic mass is 10.1. The molecule has 0 aromatic rings. The van der Waals surface area contributed by atoms with Crippen molar-refractivity contribution in [2.45, 2.75) is 39.5 Å². The van der Waals surface area contributed by atoms with Crippen LogP contribution in [0.5, 0.6) is 0 Å². The van der Waals surface area contributed by atoms with Gasteiger partial charge in [-0.2, -0.15) is 0 Å².